The number of rotatable bonds is 6. The molecule has 0 aliphatic rings. The number of thiophene rings is 1. The van der Waals surface area contributed by atoms with Gasteiger partial charge < -0.3 is 10.1 Å². The number of hydrogen-bond donors (Lipinski definition) is 1. The van der Waals surface area contributed by atoms with Crippen molar-refractivity contribution in [1.82, 2.24) is 15.1 Å². The summed E-state index contributed by atoms with van der Waals surface area (Å²) in [5, 5.41) is 11.7. The zero-order valence-electron chi connectivity index (χ0n) is 12.0. The van der Waals surface area contributed by atoms with Crippen molar-refractivity contribution in [2.75, 3.05) is 6.61 Å². The van der Waals surface area contributed by atoms with E-state index in [0.29, 0.717) is 18.7 Å². The third-order valence-electron chi connectivity index (χ3n) is 3.13. The first-order valence-electron chi connectivity index (χ1n) is 6.53. The molecule has 20 heavy (non-hydrogen) atoms. The van der Waals surface area contributed by atoms with E-state index >= 15 is 0 Å². The number of nitrogens with one attached hydrogen (secondary N) is 1. The molecule has 0 aromatic carbocycles. The Labute approximate surface area is 122 Å². The van der Waals surface area contributed by atoms with E-state index in [0.717, 1.165) is 12.2 Å². The number of carbonyl (C=O) groups is 1. The smallest absolute Gasteiger partial charge is 0.341 e. The molecule has 2 heterocycles. The van der Waals surface area contributed by atoms with Crippen LogP contribution in [0.1, 0.15) is 34.1 Å². The van der Waals surface area contributed by atoms with Gasteiger partial charge in [0.15, 0.2) is 0 Å². The number of nitrogens with zero attached hydrogens (tertiary/aromatic N) is 2. The molecule has 0 fully saturated rings. The molecule has 0 aliphatic heterocycles. The Morgan fingerprint density at radius 1 is 1.45 bits per heavy atom. The van der Waals surface area contributed by atoms with Crippen molar-refractivity contribution in [2.24, 2.45) is 7.05 Å². The van der Waals surface area contributed by atoms with Gasteiger partial charge in [-0.15, -0.1) is 0 Å². The van der Waals surface area contributed by atoms with Crippen LogP contribution in [-0.4, -0.2) is 22.4 Å². The first-order valence-corrected chi connectivity index (χ1v) is 7.48. The van der Waals surface area contributed by atoms with E-state index in [2.05, 4.69) is 28.1 Å². The van der Waals surface area contributed by atoms with Crippen molar-refractivity contribution in [2.45, 2.75) is 26.9 Å². The Kier molecular flexibility index (Phi) is 4.92. The third-order valence-corrected chi connectivity index (χ3v) is 4.04. The molecule has 0 amide bonds. The van der Waals surface area contributed by atoms with Crippen molar-refractivity contribution < 1.29 is 9.53 Å². The van der Waals surface area contributed by atoms with E-state index in [1.807, 2.05) is 7.05 Å². The zero-order chi connectivity index (χ0) is 14.5. The highest BCUT2D eigenvalue weighted by Crippen LogP contribution is 2.14. The summed E-state index contributed by atoms with van der Waals surface area (Å²) in [6.07, 6.45) is 1.56. The van der Waals surface area contributed by atoms with Crippen LogP contribution >= 0.6 is 11.3 Å². The van der Waals surface area contributed by atoms with Crippen LogP contribution in [0.4, 0.5) is 0 Å². The zero-order valence-corrected chi connectivity index (χ0v) is 12.8. The average molecular weight is 293 g/mol. The second kappa shape index (κ2) is 6.67. The monoisotopic (exact) mass is 293 g/mol. The van der Waals surface area contributed by atoms with Crippen LogP contribution in [0.15, 0.2) is 17.0 Å². The van der Waals surface area contributed by atoms with Gasteiger partial charge in [0.05, 0.1) is 18.5 Å². The Bertz CT molecular complexity index is 589. The molecule has 0 atom stereocenters. The van der Waals surface area contributed by atoms with E-state index in [-0.39, 0.29) is 5.97 Å². The van der Waals surface area contributed by atoms with Gasteiger partial charge in [0.2, 0.25) is 0 Å². The van der Waals surface area contributed by atoms with Gasteiger partial charge in [0.25, 0.3) is 0 Å². The van der Waals surface area contributed by atoms with Gasteiger partial charge in [-0.2, -0.15) is 16.4 Å². The number of ether oxygens (including phenoxy) is 1. The highest BCUT2D eigenvalue weighted by atomic mass is 32.1. The van der Waals surface area contributed by atoms with Crippen LogP contribution in [0.2, 0.25) is 0 Å². The highest BCUT2D eigenvalue weighted by Gasteiger charge is 2.16. The van der Waals surface area contributed by atoms with Crippen LogP contribution in [0.3, 0.4) is 0 Å². The number of aromatic nitrogens is 2. The fourth-order valence-electron chi connectivity index (χ4n) is 1.94. The normalized spacial score (nSPS) is 10.8. The molecule has 6 heteroatoms. The maximum atomic E-state index is 11.8. The Morgan fingerprint density at radius 2 is 2.25 bits per heavy atom. The molecule has 0 unspecified atom stereocenters. The molecule has 0 radical (unpaired) electrons. The highest BCUT2D eigenvalue weighted by molar-refractivity contribution is 7.08. The molecular weight excluding hydrogens is 274 g/mol. The maximum absolute atomic E-state index is 11.8. The van der Waals surface area contributed by atoms with Crippen molar-refractivity contribution in [3.8, 4) is 0 Å². The predicted molar refractivity (Wildman–Crippen MR) is 78.8 cm³/mol. The van der Waals surface area contributed by atoms with Gasteiger partial charge in [-0.25, -0.2) is 4.79 Å². The molecule has 5 nitrogen and oxygen atoms in total. The van der Waals surface area contributed by atoms with Gasteiger partial charge in [-0.05, 0) is 35.7 Å². The first-order chi connectivity index (χ1) is 9.63. The van der Waals surface area contributed by atoms with Crippen molar-refractivity contribution in [3.63, 3.8) is 0 Å². The average Bonchev–Trinajstić information content (AvgIpc) is 2.98. The molecule has 108 valence electrons. The standard InChI is InChI=1S/C14H19N3O2S/c1-4-19-14(18)12-6-16-17(3)13(12)7-15-5-11-9-20-8-10(11)2/h6,8-9,15H,4-5,7H2,1-3H3. The molecule has 0 bridgehead atoms. The number of esters is 1. The summed E-state index contributed by atoms with van der Waals surface area (Å²) in [5.74, 6) is -0.316. The van der Waals surface area contributed by atoms with E-state index in [9.17, 15) is 4.79 Å². The molecule has 0 aliphatic carbocycles. The van der Waals surface area contributed by atoms with Crippen LogP contribution in [0.25, 0.3) is 0 Å². The van der Waals surface area contributed by atoms with Crippen molar-refractivity contribution in [1.29, 1.82) is 0 Å². The van der Waals surface area contributed by atoms with Crippen molar-refractivity contribution in [3.05, 3.63) is 39.3 Å². The summed E-state index contributed by atoms with van der Waals surface area (Å²) in [6, 6.07) is 0. The number of aryl methyl sites for hydroxylation is 2. The lowest BCUT2D eigenvalue weighted by Crippen LogP contribution is -2.18. The summed E-state index contributed by atoms with van der Waals surface area (Å²) in [4.78, 5) is 11.8. The molecule has 2 aromatic heterocycles. The minimum absolute atomic E-state index is 0.316. The van der Waals surface area contributed by atoms with Gasteiger partial charge in [0, 0.05) is 20.1 Å². The summed E-state index contributed by atoms with van der Waals surface area (Å²) in [7, 11) is 1.83. The summed E-state index contributed by atoms with van der Waals surface area (Å²) in [6.45, 7) is 5.63. The van der Waals surface area contributed by atoms with E-state index in [1.54, 1.807) is 29.1 Å². The molecule has 2 rings (SSSR count). The summed E-state index contributed by atoms with van der Waals surface area (Å²) in [5.41, 5.74) is 3.95. The predicted octanol–water partition coefficient (Wildman–Crippen LogP) is 2.26. The summed E-state index contributed by atoms with van der Waals surface area (Å²) >= 11 is 1.70. The van der Waals surface area contributed by atoms with Crippen LogP contribution < -0.4 is 5.32 Å². The molecule has 2 aromatic rings. The Morgan fingerprint density at radius 3 is 2.90 bits per heavy atom. The topological polar surface area (TPSA) is 56.1 Å². The maximum Gasteiger partial charge on any atom is 0.341 e. The molecule has 0 saturated heterocycles. The van der Waals surface area contributed by atoms with Gasteiger partial charge >= 0.3 is 5.97 Å². The lowest BCUT2D eigenvalue weighted by molar-refractivity contribution is 0.0524. The molecule has 0 saturated carbocycles. The van der Waals surface area contributed by atoms with E-state index in [4.69, 9.17) is 4.74 Å². The van der Waals surface area contributed by atoms with Crippen LogP contribution in [0.5, 0.6) is 0 Å². The second-order valence-electron chi connectivity index (χ2n) is 4.53. The largest absolute Gasteiger partial charge is 0.462 e. The van der Waals surface area contributed by atoms with Crippen LogP contribution in [0, 0.1) is 6.92 Å². The SMILES string of the molecule is CCOC(=O)c1cnn(C)c1CNCc1cscc1C. The van der Waals surface area contributed by atoms with Crippen molar-refractivity contribution >= 4 is 17.3 Å². The van der Waals surface area contributed by atoms with Crippen LogP contribution in [-0.2, 0) is 24.9 Å². The fourth-order valence-corrected chi connectivity index (χ4v) is 2.79. The lowest BCUT2D eigenvalue weighted by Gasteiger charge is -2.08. The lowest BCUT2D eigenvalue weighted by atomic mass is 10.2. The third kappa shape index (κ3) is 3.26. The second-order valence-corrected chi connectivity index (χ2v) is 5.28. The molecular formula is C14H19N3O2S. The minimum atomic E-state index is -0.316. The van der Waals surface area contributed by atoms with Gasteiger partial charge in [0.1, 0.15) is 5.56 Å². The molecule has 1 N–H and O–H groups in total. The van der Waals surface area contributed by atoms with Gasteiger partial charge in [-0.1, -0.05) is 0 Å². The number of carbonyl (C=O) groups excluding carboxylic acids is 1. The minimum Gasteiger partial charge on any atom is -0.462 e. The Hall–Kier alpha value is -1.66. The number of hydrogen-bond acceptors (Lipinski definition) is 5. The van der Waals surface area contributed by atoms with E-state index in [1.165, 1.54) is 11.1 Å². The fraction of sp³-hybridized carbons (Fsp3) is 0.429. The summed E-state index contributed by atoms with van der Waals surface area (Å²) < 4.78 is 6.74. The van der Waals surface area contributed by atoms with E-state index < -0.39 is 0 Å². The quantitative estimate of drug-likeness (QED) is 0.830. The molecule has 0 spiro atoms. The first kappa shape index (κ1) is 14.7. The van der Waals surface area contributed by atoms with Gasteiger partial charge in [-0.3, -0.25) is 4.68 Å². The Balaban J connectivity index is 2.00.